The van der Waals surface area contributed by atoms with Crippen LogP contribution in [0, 0.1) is 0 Å². The standard InChI is InChI=1S/C50H30N10O6S10.2Na.2H/c61-75(62,63)39-23-29(51-45-57-41(71-47-53-31-9-1-5-13-35(31)67-47)25-42(58-45)72-48-54-32-10-2-6-14-36(32)68-48)21-19-27(39)17-18-28-20-22-30(24-40(28)76(64,65)66)52-46-59-43(73-49-55-33-11-3-7-15-37(33)69-49)26-44(60-46)74-50-56-34-12-4-8-16-38(34)70-50;;;;/h1-26H,(H,51,57,58)(H,52,59,60)(H,61,62,63)(H,64,65,66);;;;. The number of thiazole rings is 4. The fourth-order valence-electron chi connectivity index (χ4n) is 7.45. The third-order valence-electron chi connectivity index (χ3n) is 10.8. The molecule has 0 spiro atoms. The molecule has 6 aromatic heterocycles. The monoisotopic (exact) mass is 1230 g/mol. The topological polar surface area (TPSA) is 236 Å². The molecule has 0 unspecified atom stereocenters. The SMILES string of the molecule is O=S(=O)(O)c1cc(Nc2nc(Sc3nc4ccccc4s3)cc(Sc3nc4ccccc4s3)n2)ccc1C=Cc1ccc(Nc2nc(Sc3nc4ccccc4s3)cc(Sc3nc4ccccc4s3)n2)cc1S(=O)(=O)O.[NaH].[NaH]. The van der Waals surface area contributed by atoms with Crippen LogP contribution in [0.25, 0.3) is 53.0 Å². The molecule has 0 radical (unpaired) electrons. The molecule has 0 aliphatic heterocycles. The average molecular weight is 1240 g/mol. The fourth-order valence-corrected chi connectivity index (χ4v) is 17.1. The molecular weight excluding hydrogens is 1200 g/mol. The van der Waals surface area contributed by atoms with E-state index in [1.807, 2.05) is 109 Å². The number of rotatable bonds is 16. The maximum absolute atomic E-state index is 13.0. The van der Waals surface area contributed by atoms with Crippen molar-refractivity contribution in [3.63, 3.8) is 0 Å². The van der Waals surface area contributed by atoms with Crippen molar-refractivity contribution in [1.29, 1.82) is 0 Å². The van der Waals surface area contributed by atoms with Crippen LogP contribution < -0.4 is 10.6 Å². The van der Waals surface area contributed by atoms with E-state index in [0.717, 1.165) is 58.2 Å². The maximum atomic E-state index is 13.0. The molecular formula is C50H32N10Na2O6S10. The van der Waals surface area contributed by atoms with Crippen molar-refractivity contribution in [1.82, 2.24) is 39.9 Å². The Morgan fingerprint density at radius 2 is 0.667 bits per heavy atom. The number of nitrogens with zero attached hydrogens (tertiary/aromatic N) is 8. The summed E-state index contributed by atoms with van der Waals surface area (Å²) >= 11 is 11.5. The van der Waals surface area contributed by atoms with E-state index in [1.165, 1.54) is 129 Å². The Morgan fingerprint density at radius 3 is 0.936 bits per heavy atom. The van der Waals surface area contributed by atoms with Gasteiger partial charge in [-0.2, -0.15) is 16.8 Å². The summed E-state index contributed by atoms with van der Waals surface area (Å²) in [7, 11) is -9.75. The molecule has 12 rings (SSSR count). The first-order valence-corrected chi connectivity index (χ1v) is 31.5. The van der Waals surface area contributed by atoms with Gasteiger partial charge in [-0.1, -0.05) is 72.8 Å². The second-order valence-electron chi connectivity index (χ2n) is 16.0. The summed E-state index contributed by atoms with van der Waals surface area (Å²) in [6.45, 7) is 0. The molecule has 12 aromatic rings. The Balaban J connectivity index is 0.00000344. The molecule has 0 aliphatic carbocycles. The van der Waals surface area contributed by atoms with Gasteiger partial charge >= 0.3 is 59.1 Å². The van der Waals surface area contributed by atoms with Crippen molar-refractivity contribution in [2.75, 3.05) is 10.6 Å². The molecule has 380 valence electrons. The number of para-hydroxylation sites is 4. The molecule has 0 saturated heterocycles. The van der Waals surface area contributed by atoms with Crippen molar-refractivity contribution in [2.45, 2.75) is 47.3 Å². The van der Waals surface area contributed by atoms with Crippen LogP contribution in [0.2, 0.25) is 0 Å². The summed E-state index contributed by atoms with van der Waals surface area (Å²) in [4.78, 5) is 37.0. The minimum absolute atomic E-state index is 0. The van der Waals surface area contributed by atoms with E-state index in [0.29, 0.717) is 20.1 Å². The molecule has 0 amide bonds. The molecule has 0 atom stereocenters. The fraction of sp³-hybridized carbons (Fsp3) is 0. The normalized spacial score (nSPS) is 11.9. The van der Waals surface area contributed by atoms with Gasteiger partial charge in [0.15, 0.2) is 17.4 Å². The Hall–Kier alpha value is -4.40. The quantitative estimate of drug-likeness (QED) is 0.0304. The van der Waals surface area contributed by atoms with Gasteiger partial charge in [-0.15, -0.1) is 45.3 Å². The van der Waals surface area contributed by atoms with Crippen molar-refractivity contribution < 1.29 is 25.9 Å². The third-order valence-corrected chi connectivity index (χ3v) is 20.6. The van der Waals surface area contributed by atoms with Gasteiger partial charge in [0, 0.05) is 23.5 Å². The second kappa shape index (κ2) is 24.4. The van der Waals surface area contributed by atoms with Gasteiger partial charge in [0.05, 0.1) is 40.9 Å². The van der Waals surface area contributed by atoms with Crippen LogP contribution in [0.1, 0.15) is 11.1 Å². The molecule has 0 bridgehead atoms. The molecule has 0 fully saturated rings. The van der Waals surface area contributed by atoms with Gasteiger partial charge in [0.25, 0.3) is 20.2 Å². The van der Waals surface area contributed by atoms with Crippen LogP contribution in [0.4, 0.5) is 23.3 Å². The van der Waals surface area contributed by atoms with Crippen LogP contribution in [-0.2, 0) is 20.2 Å². The summed E-state index contributed by atoms with van der Waals surface area (Å²) in [6.07, 6.45) is 2.64. The van der Waals surface area contributed by atoms with E-state index < -0.39 is 30.0 Å². The van der Waals surface area contributed by atoms with Gasteiger partial charge < -0.3 is 10.6 Å². The van der Waals surface area contributed by atoms with Crippen molar-refractivity contribution >= 4 is 248 Å². The molecule has 4 N–H and O–H groups in total. The van der Waals surface area contributed by atoms with E-state index in [1.54, 1.807) is 12.1 Å². The van der Waals surface area contributed by atoms with E-state index in [9.17, 15) is 25.9 Å². The predicted molar refractivity (Wildman–Crippen MR) is 321 cm³/mol. The number of nitrogens with one attached hydrogen (secondary N) is 2. The predicted octanol–water partition coefficient (Wildman–Crippen LogP) is 13.2. The van der Waals surface area contributed by atoms with Crippen LogP contribution >= 0.6 is 92.4 Å². The van der Waals surface area contributed by atoms with E-state index in [2.05, 4.69) is 10.6 Å². The Labute approximate surface area is 522 Å². The number of hydrogen-bond donors (Lipinski definition) is 4. The summed E-state index contributed by atoms with van der Waals surface area (Å²) in [6, 6.07) is 43.3. The molecule has 28 heteroatoms. The number of hydrogen-bond acceptors (Lipinski definition) is 22. The van der Waals surface area contributed by atoms with Gasteiger partial charge in [-0.05, 0) is 131 Å². The first kappa shape index (κ1) is 56.9. The molecule has 0 aliphatic rings. The van der Waals surface area contributed by atoms with Gasteiger partial charge in [0.1, 0.15) is 29.9 Å². The minimum atomic E-state index is -4.87. The number of benzene rings is 6. The zero-order valence-corrected chi connectivity index (χ0v) is 46.4. The second-order valence-corrected chi connectivity index (χ2v) is 27.9. The van der Waals surface area contributed by atoms with Gasteiger partial charge in [0.2, 0.25) is 11.9 Å². The zero-order chi connectivity index (χ0) is 52.0. The summed E-state index contributed by atoms with van der Waals surface area (Å²) in [5.74, 6) is 0.274. The van der Waals surface area contributed by atoms with Crippen LogP contribution in [0.5, 0.6) is 0 Å². The first-order valence-electron chi connectivity index (χ1n) is 22.1. The van der Waals surface area contributed by atoms with E-state index in [-0.39, 0.29) is 93.5 Å². The van der Waals surface area contributed by atoms with Crippen LogP contribution in [-0.4, -0.2) is 125 Å². The summed E-state index contributed by atoms with van der Waals surface area (Å²) < 4.78 is 80.1. The zero-order valence-electron chi connectivity index (χ0n) is 38.2. The number of anilines is 4. The number of fused-ring (bicyclic) bond motifs is 4. The Bertz CT molecular complexity index is 3900. The van der Waals surface area contributed by atoms with Crippen molar-refractivity contribution in [2.24, 2.45) is 0 Å². The van der Waals surface area contributed by atoms with Crippen LogP contribution in [0.3, 0.4) is 0 Å². The van der Waals surface area contributed by atoms with Crippen molar-refractivity contribution in [3.8, 4) is 0 Å². The summed E-state index contributed by atoms with van der Waals surface area (Å²) in [5, 5.41) is 8.46. The van der Waals surface area contributed by atoms with Gasteiger partial charge in [-0.3, -0.25) is 9.11 Å². The molecule has 6 heterocycles. The van der Waals surface area contributed by atoms with Crippen molar-refractivity contribution in [3.05, 3.63) is 157 Å². The number of aromatic nitrogens is 8. The molecule has 0 saturated carbocycles. The van der Waals surface area contributed by atoms with Crippen LogP contribution in [0.15, 0.2) is 193 Å². The Kier molecular flexibility index (Phi) is 17.8. The first-order chi connectivity index (χ1) is 36.8. The molecule has 6 aromatic carbocycles. The Morgan fingerprint density at radius 1 is 0.385 bits per heavy atom. The van der Waals surface area contributed by atoms with Gasteiger partial charge in [-0.25, -0.2) is 39.9 Å². The summed E-state index contributed by atoms with van der Waals surface area (Å²) in [5.41, 5.74) is 3.91. The third kappa shape index (κ3) is 13.5. The average Bonchev–Trinajstić information content (AvgIpc) is 4.28. The van der Waals surface area contributed by atoms with E-state index in [4.69, 9.17) is 39.9 Å². The molecule has 16 nitrogen and oxygen atoms in total. The molecule has 78 heavy (non-hydrogen) atoms. The van der Waals surface area contributed by atoms with E-state index >= 15 is 0 Å².